The van der Waals surface area contributed by atoms with Crippen molar-refractivity contribution in [1.82, 2.24) is 14.5 Å². The Morgan fingerprint density at radius 1 is 1.14 bits per heavy atom. The van der Waals surface area contributed by atoms with Crippen LogP contribution in [0.25, 0.3) is 22.0 Å². The van der Waals surface area contributed by atoms with Gasteiger partial charge in [0, 0.05) is 23.4 Å². The summed E-state index contributed by atoms with van der Waals surface area (Å²) in [6.07, 6.45) is 4.02. The zero-order valence-corrected chi connectivity index (χ0v) is 19.7. The van der Waals surface area contributed by atoms with Crippen molar-refractivity contribution >= 4 is 26.8 Å². The van der Waals surface area contributed by atoms with Gasteiger partial charge in [0.1, 0.15) is 11.6 Å². The largest absolute Gasteiger partial charge is 0.493 e. The van der Waals surface area contributed by atoms with Gasteiger partial charge < -0.3 is 10.1 Å². The smallest absolute Gasteiger partial charge is 0.283 e. The maximum Gasteiger partial charge on any atom is 0.283 e. The van der Waals surface area contributed by atoms with E-state index in [0.29, 0.717) is 46.4 Å². The van der Waals surface area contributed by atoms with Crippen molar-refractivity contribution in [2.75, 3.05) is 6.61 Å². The fraction of sp³-hybridized carbons (Fsp3) is 0.231. The second-order valence-corrected chi connectivity index (χ2v) is 10.8. The number of nitrogens with zero attached hydrogens (tertiary/aromatic N) is 2. The zero-order valence-electron chi connectivity index (χ0n) is 18.9. The second kappa shape index (κ2) is 7.91. The van der Waals surface area contributed by atoms with Crippen LogP contribution in [-0.2, 0) is 16.4 Å². The summed E-state index contributed by atoms with van der Waals surface area (Å²) in [5.74, 6) is -0.0654. The first-order valence-corrected chi connectivity index (χ1v) is 12.9. The summed E-state index contributed by atoms with van der Waals surface area (Å²) in [6, 6.07) is 13.0. The average Bonchev–Trinajstić information content (AvgIpc) is 3.35. The Hall–Kier alpha value is -3.72. The zero-order chi connectivity index (χ0) is 24.3. The van der Waals surface area contributed by atoms with Gasteiger partial charge in [-0.3, -0.25) is 4.79 Å². The standard InChI is InChI=1S/C26H22FN3O4S/c1-15-22(12-18(13-23(15)27)26(31)29-20-3-4-20)16-2-6-24-19(10-16)14-28-30(24)35(32,33)21-5-7-25-17(11-21)8-9-34-25/h2,5-7,10-14,20H,3-4,8-9H2,1H3,(H,29,31). The third kappa shape index (κ3) is 3.76. The normalized spacial score (nSPS) is 15.1. The van der Waals surface area contributed by atoms with Crippen molar-refractivity contribution in [3.05, 3.63) is 77.2 Å². The topological polar surface area (TPSA) is 90.3 Å². The first-order valence-electron chi connectivity index (χ1n) is 11.4. The third-order valence-corrected chi connectivity index (χ3v) is 8.15. The first-order chi connectivity index (χ1) is 16.8. The minimum Gasteiger partial charge on any atom is -0.493 e. The Morgan fingerprint density at radius 3 is 2.77 bits per heavy atom. The number of carbonyl (C=O) groups excluding carboxylic acids is 1. The quantitative estimate of drug-likeness (QED) is 0.452. The molecule has 1 amide bonds. The monoisotopic (exact) mass is 491 g/mol. The Morgan fingerprint density at radius 2 is 1.97 bits per heavy atom. The molecule has 0 unspecified atom stereocenters. The van der Waals surface area contributed by atoms with Gasteiger partial charge in [-0.25, -0.2) is 4.39 Å². The van der Waals surface area contributed by atoms with Crippen LogP contribution in [0.15, 0.2) is 59.6 Å². The molecule has 0 saturated heterocycles. The van der Waals surface area contributed by atoms with E-state index >= 15 is 0 Å². The number of aromatic nitrogens is 2. The predicted molar refractivity (Wildman–Crippen MR) is 129 cm³/mol. The molecule has 1 aliphatic heterocycles. The van der Waals surface area contributed by atoms with Gasteiger partial charge in [-0.15, -0.1) is 0 Å². The number of benzene rings is 3. The number of carbonyl (C=O) groups is 1. The van der Waals surface area contributed by atoms with Crippen molar-refractivity contribution in [2.24, 2.45) is 0 Å². The van der Waals surface area contributed by atoms with Crippen molar-refractivity contribution in [3.63, 3.8) is 0 Å². The lowest BCUT2D eigenvalue weighted by atomic mass is 9.96. The van der Waals surface area contributed by atoms with Crippen molar-refractivity contribution in [3.8, 4) is 16.9 Å². The molecule has 1 saturated carbocycles. The SMILES string of the molecule is Cc1c(F)cc(C(=O)NC2CC2)cc1-c1ccc2c(cnn2S(=O)(=O)c2ccc3c(c2)CCO3)c1. The van der Waals surface area contributed by atoms with Crippen LogP contribution in [0.2, 0.25) is 0 Å². The average molecular weight is 492 g/mol. The van der Waals surface area contributed by atoms with Crippen LogP contribution in [0.1, 0.15) is 34.3 Å². The molecule has 1 N–H and O–H groups in total. The number of nitrogens with one attached hydrogen (secondary N) is 1. The highest BCUT2D eigenvalue weighted by Gasteiger charge is 2.26. The maximum absolute atomic E-state index is 14.7. The van der Waals surface area contributed by atoms with Crippen molar-refractivity contribution in [2.45, 2.75) is 37.1 Å². The highest BCUT2D eigenvalue weighted by Crippen LogP contribution is 2.32. The summed E-state index contributed by atoms with van der Waals surface area (Å²) in [6.45, 7) is 2.19. The molecule has 4 aromatic rings. The number of hydrogen-bond acceptors (Lipinski definition) is 5. The van der Waals surface area contributed by atoms with Crippen LogP contribution in [-0.4, -0.2) is 36.2 Å². The molecule has 7 nitrogen and oxygen atoms in total. The van der Waals surface area contributed by atoms with Crippen LogP contribution in [0, 0.1) is 12.7 Å². The highest BCUT2D eigenvalue weighted by molar-refractivity contribution is 7.90. The number of rotatable bonds is 5. The molecule has 2 heterocycles. The number of ether oxygens (including phenoxy) is 1. The highest BCUT2D eigenvalue weighted by atomic mass is 32.2. The Labute approximate surface area is 201 Å². The summed E-state index contributed by atoms with van der Waals surface area (Å²) in [5.41, 5.74) is 3.17. The van der Waals surface area contributed by atoms with E-state index in [9.17, 15) is 17.6 Å². The minimum atomic E-state index is -3.92. The van der Waals surface area contributed by atoms with Gasteiger partial charge in [0.15, 0.2) is 0 Å². The molecular weight excluding hydrogens is 469 g/mol. The Balaban J connectivity index is 1.39. The van der Waals surface area contributed by atoms with Gasteiger partial charge in [-0.2, -0.15) is 17.6 Å². The fourth-order valence-electron chi connectivity index (χ4n) is 4.40. The van der Waals surface area contributed by atoms with Gasteiger partial charge in [0.05, 0.1) is 23.2 Å². The lowest BCUT2D eigenvalue weighted by molar-refractivity contribution is 0.0950. The van der Waals surface area contributed by atoms with Crippen molar-refractivity contribution < 1.29 is 22.3 Å². The molecule has 0 atom stereocenters. The molecule has 6 rings (SSSR count). The van der Waals surface area contributed by atoms with Crippen LogP contribution < -0.4 is 10.1 Å². The van der Waals surface area contributed by atoms with Crippen LogP contribution in [0.4, 0.5) is 4.39 Å². The molecule has 0 bridgehead atoms. The van der Waals surface area contributed by atoms with Gasteiger partial charge in [-0.1, -0.05) is 6.07 Å². The van der Waals surface area contributed by atoms with E-state index in [4.69, 9.17) is 4.74 Å². The van der Waals surface area contributed by atoms with E-state index in [2.05, 4.69) is 10.4 Å². The van der Waals surface area contributed by atoms with E-state index in [1.165, 1.54) is 18.3 Å². The van der Waals surface area contributed by atoms with Gasteiger partial charge >= 0.3 is 0 Å². The molecule has 0 spiro atoms. The lowest BCUT2D eigenvalue weighted by Crippen LogP contribution is -2.25. The van der Waals surface area contributed by atoms with E-state index < -0.39 is 15.8 Å². The summed E-state index contributed by atoms with van der Waals surface area (Å²) >= 11 is 0. The molecule has 9 heteroatoms. The van der Waals surface area contributed by atoms with E-state index in [1.54, 1.807) is 43.3 Å². The number of amides is 1. The molecule has 1 aliphatic carbocycles. The van der Waals surface area contributed by atoms with Gasteiger partial charge in [-0.05, 0) is 84.5 Å². The van der Waals surface area contributed by atoms with Gasteiger partial charge in [0.2, 0.25) is 0 Å². The maximum atomic E-state index is 14.7. The Kier molecular flexibility index (Phi) is 4.93. The predicted octanol–water partition coefficient (Wildman–Crippen LogP) is 4.21. The van der Waals surface area contributed by atoms with Gasteiger partial charge in [0.25, 0.3) is 15.9 Å². The van der Waals surface area contributed by atoms with Crippen LogP contribution in [0.3, 0.4) is 0 Å². The molecule has 1 fully saturated rings. The minimum absolute atomic E-state index is 0.142. The molecular formula is C26H22FN3O4S. The lowest BCUT2D eigenvalue weighted by Gasteiger charge is -2.12. The molecule has 0 radical (unpaired) electrons. The number of fused-ring (bicyclic) bond motifs is 2. The molecule has 2 aliphatic rings. The summed E-state index contributed by atoms with van der Waals surface area (Å²) in [5, 5.41) is 7.63. The van der Waals surface area contributed by atoms with Crippen LogP contribution in [0.5, 0.6) is 5.75 Å². The molecule has 178 valence electrons. The fourth-order valence-corrected chi connectivity index (χ4v) is 5.72. The first kappa shape index (κ1) is 21.8. The van der Waals surface area contributed by atoms with Crippen LogP contribution >= 0.6 is 0 Å². The van der Waals surface area contributed by atoms with E-state index in [-0.39, 0.29) is 22.4 Å². The third-order valence-electron chi connectivity index (χ3n) is 6.55. The second-order valence-electron chi connectivity index (χ2n) is 9.01. The summed E-state index contributed by atoms with van der Waals surface area (Å²) in [4.78, 5) is 12.6. The summed E-state index contributed by atoms with van der Waals surface area (Å²) in [7, 11) is -3.92. The molecule has 35 heavy (non-hydrogen) atoms. The number of halogens is 1. The molecule has 3 aromatic carbocycles. The summed E-state index contributed by atoms with van der Waals surface area (Å²) < 4.78 is 47.9. The van der Waals surface area contributed by atoms with E-state index in [0.717, 1.165) is 22.5 Å². The number of hydrogen-bond donors (Lipinski definition) is 1. The molecule has 1 aromatic heterocycles. The Bertz CT molecular complexity index is 1620. The van der Waals surface area contributed by atoms with E-state index in [1.807, 2.05) is 0 Å². The van der Waals surface area contributed by atoms with Crippen molar-refractivity contribution in [1.29, 1.82) is 0 Å².